The number of amides is 1. The van der Waals surface area contributed by atoms with Crippen molar-refractivity contribution >= 4 is 51.4 Å². The first-order valence-electron chi connectivity index (χ1n) is 11.1. The van der Waals surface area contributed by atoms with E-state index in [1.165, 1.54) is 23.9 Å². The summed E-state index contributed by atoms with van der Waals surface area (Å²) in [5.41, 5.74) is 1.85. The Morgan fingerprint density at radius 2 is 1.91 bits per heavy atom. The third-order valence-corrected chi connectivity index (χ3v) is 6.39. The highest BCUT2D eigenvalue weighted by atomic mass is 35.5. The SMILES string of the molecule is CCCC1=NN2C(=N)C(=Cc3cc(Cl)c(OCCOc4ccc(C)cc4)c(OC)c3)C(=O)N=C2S1. The van der Waals surface area contributed by atoms with Crippen molar-refractivity contribution < 1.29 is 19.0 Å². The first-order chi connectivity index (χ1) is 16.9. The molecule has 182 valence electrons. The van der Waals surface area contributed by atoms with Gasteiger partial charge in [0.15, 0.2) is 17.3 Å². The summed E-state index contributed by atoms with van der Waals surface area (Å²) < 4.78 is 17.0. The normalized spacial score (nSPS) is 16.2. The molecule has 0 saturated carbocycles. The van der Waals surface area contributed by atoms with E-state index in [1.54, 1.807) is 18.2 Å². The van der Waals surface area contributed by atoms with Crippen LogP contribution in [-0.4, -0.2) is 47.3 Å². The monoisotopic (exact) mass is 512 g/mol. The lowest BCUT2D eigenvalue weighted by Crippen LogP contribution is -2.35. The minimum Gasteiger partial charge on any atom is -0.493 e. The first-order valence-corrected chi connectivity index (χ1v) is 12.3. The van der Waals surface area contributed by atoms with E-state index in [-0.39, 0.29) is 18.0 Å². The number of hydrazone groups is 1. The van der Waals surface area contributed by atoms with Crippen molar-refractivity contribution in [2.45, 2.75) is 26.7 Å². The summed E-state index contributed by atoms with van der Waals surface area (Å²) in [4.78, 5) is 16.7. The van der Waals surface area contributed by atoms with E-state index in [2.05, 4.69) is 10.1 Å². The van der Waals surface area contributed by atoms with Crippen LogP contribution in [0.2, 0.25) is 5.02 Å². The average molecular weight is 513 g/mol. The van der Waals surface area contributed by atoms with Crippen LogP contribution in [0, 0.1) is 12.3 Å². The number of carbonyl (C=O) groups is 1. The molecule has 0 atom stereocenters. The van der Waals surface area contributed by atoms with Gasteiger partial charge in [-0.1, -0.05) is 36.2 Å². The van der Waals surface area contributed by atoms with Gasteiger partial charge in [-0.05, 0) is 67.4 Å². The number of amidine groups is 2. The number of methoxy groups -OCH3 is 1. The minimum absolute atomic E-state index is 0.0257. The van der Waals surface area contributed by atoms with Gasteiger partial charge >= 0.3 is 0 Å². The number of ether oxygens (including phenoxy) is 3. The molecule has 0 unspecified atom stereocenters. The molecule has 0 aromatic heterocycles. The second kappa shape index (κ2) is 11.0. The lowest BCUT2D eigenvalue weighted by Gasteiger charge is -2.20. The van der Waals surface area contributed by atoms with Crippen LogP contribution in [0.5, 0.6) is 17.2 Å². The lowest BCUT2D eigenvalue weighted by molar-refractivity contribution is -0.114. The Kier molecular flexibility index (Phi) is 7.77. The summed E-state index contributed by atoms with van der Waals surface area (Å²) in [6.45, 7) is 4.65. The van der Waals surface area contributed by atoms with Gasteiger partial charge < -0.3 is 14.2 Å². The summed E-state index contributed by atoms with van der Waals surface area (Å²) in [5.74, 6) is 1.01. The van der Waals surface area contributed by atoms with E-state index >= 15 is 0 Å². The Labute approximate surface area is 213 Å². The lowest BCUT2D eigenvalue weighted by atomic mass is 10.1. The Balaban J connectivity index is 1.48. The van der Waals surface area contributed by atoms with Gasteiger partial charge in [0.25, 0.3) is 5.91 Å². The molecule has 0 radical (unpaired) electrons. The fraction of sp³-hybridized carbons (Fsp3) is 0.280. The van der Waals surface area contributed by atoms with E-state index in [4.69, 9.17) is 31.2 Å². The fourth-order valence-electron chi connectivity index (χ4n) is 3.41. The number of hydrogen-bond acceptors (Lipinski definition) is 7. The Morgan fingerprint density at radius 1 is 1.17 bits per heavy atom. The van der Waals surface area contributed by atoms with Gasteiger partial charge in [-0.25, -0.2) is 0 Å². The summed E-state index contributed by atoms with van der Waals surface area (Å²) in [7, 11) is 1.51. The molecule has 2 aromatic rings. The van der Waals surface area contributed by atoms with Gasteiger partial charge in [-0.2, -0.15) is 15.1 Å². The number of aliphatic imine (C=N–C) groups is 1. The Hall–Kier alpha value is -3.30. The van der Waals surface area contributed by atoms with Crippen molar-refractivity contribution in [3.8, 4) is 17.2 Å². The van der Waals surface area contributed by atoms with Crippen LogP contribution in [0.1, 0.15) is 30.9 Å². The molecular formula is C25H25ClN4O4S. The second-order valence-electron chi connectivity index (χ2n) is 7.81. The molecule has 0 fully saturated rings. The van der Waals surface area contributed by atoms with Gasteiger partial charge in [0.05, 0.1) is 17.7 Å². The van der Waals surface area contributed by atoms with E-state index in [0.29, 0.717) is 33.9 Å². The predicted octanol–water partition coefficient (Wildman–Crippen LogP) is 5.53. The van der Waals surface area contributed by atoms with Crippen LogP contribution in [-0.2, 0) is 4.79 Å². The Morgan fingerprint density at radius 3 is 2.63 bits per heavy atom. The van der Waals surface area contributed by atoms with Gasteiger partial charge in [0.1, 0.15) is 24.0 Å². The zero-order valence-corrected chi connectivity index (χ0v) is 21.2. The molecule has 10 heteroatoms. The summed E-state index contributed by atoms with van der Waals surface area (Å²) in [6.07, 6.45) is 3.24. The van der Waals surface area contributed by atoms with Crippen molar-refractivity contribution in [2.24, 2.45) is 10.1 Å². The fourth-order valence-corrected chi connectivity index (χ4v) is 4.67. The van der Waals surface area contributed by atoms with Crippen molar-refractivity contribution in [3.63, 3.8) is 0 Å². The van der Waals surface area contributed by atoms with Crippen LogP contribution in [0.3, 0.4) is 0 Å². The van der Waals surface area contributed by atoms with Gasteiger partial charge in [0.2, 0.25) is 5.17 Å². The minimum atomic E-state index is -0.495. The molecule has 2 aromatic carbocycles. The van der Waals surface area contributed by atoms with Crippen LogP contribution < -0.4 is 14.2 Å². The van der Waals surface area contributed by atoms with Crippen molar-refractivity contribution in [3.05, 3.63) is 58.1 Å². The quantitative estimate of drug-likeness (QED) is 0.350. The molecule has 1 amide bonds. The molecule has 0 saturated heterocycles. The molecule has 35 heavy (non-hydrogen) atoms. The largest absolute Gasteiger partial charge is 0.493 e. The maximum Gasteiger partial charge on any atom is 0.283 e. The van der Waals surface area contributed by atoms with E-state index in [9.17, 15) is 4.79 Å². The number of hydrogen-bond donors (Lipinski definition) is 1. The molecule has 0 bridgehead atoms. The van der Waals surface area contributed by atoms with Gasteiger partial charge in [0, 0.05) is 0 Å². The Bertz CT molecular complexity index is 1240. The zero-order chi connectivity index (χ0) is 24.9. The summed E-state index contributed by atoms with van der Waals surface area (Å²) >= 11 is 7.81. The number of rotatable bonds is 9. The van der Waals surface area contributed by atoms with Crippen LogP contribution in [0.4, 0.5) is 0 Å². The zero-order valence-electron chi connectivity index (χ0n) is 19.6. The molecular weight excluding hydrogens is 488 g/mol. The molecule has 2 heterocycles. The molecule has 2 aliphatic heterocycles. The summed E-state index contributed by atoms with van der Waals surface area (Å²) in [6, 6.07) is 11.1. The number of aryl methyl sites for hydroxylation is 1. The number of carbonyl (C=O) groups excluding carboxylic acids is 1. The molecule has 8 nitrogen and oxygen atoms in total. The van der Waals surface area contributed by atoms with Crippen LogP contribution in [0.15, 0.2) is 52.1 Å². The maximum atomic E-state index is 12.6. The van der Waals surface area contributed by atoms with Gasteiger partial charge in [-0.15, -0.1) is 0 Å². The number of fused-ring (bicyclic) bond motifs is 1. The molecule has 2 aliphatic rings. The highest BCUT2D eigenvalue weighted by Gasteiger charge is 2.35. The van der Waals surface area contributed by atoms with Crippen molar-refractivity contribution in [2.75, 3.05) is 20.3 Å². The van der Waals surface area contributed by atoms with Gasteiger partial charge in [-0.3, -0.25) is 10.2 Å². The molecule has 0 spiro atoms. The third kappa shape index (κ3) is 5.68. The maximum absolute atomic E-state index is 12.6. The second-order valence-corrected chi connectivity index (χ2v) is 9.26. The average Bonchev–Trinajstić information content (AvgIpc) is 3.24. The highest BCUT2D eigenvalue weighted by Crippen LogP contribution is 2.38. The van der Waals surface area contributed by atoms with E-state index in [0.717, 1.165) is 29.2 Å². The number of benzene rings is 2. The van der Waals surface area contributed by atoms with Crippen molar-refractivity contribution in [1.82, 2.24) is 5.01 Å². The smallest absolute Gasteiger partial charge is 0.283 e. The molecule has 1 N–H and O–H groups in total. The van der Waals surface area contributed by atoms with E-state index in [1.807, 2.05) is 38.1 Å². The number of thioether (sulfide) groups is 1. The molecule has 4 rings (SSSR count). The third-order valence-electron chi connectivity index (χ3n) is 5.14. The van der Waals surface area contributed by atoms with Crippen LogP contribution in [0.25, 0.3) is 6.08 Å². The number of nitrogens with zero attached hydrogens (tertiary/aromatic N) is 3. The highest BCUT2D eigenvalue weighted by molar-refractivity contribution is 8.26. The number of nitrogens with one attached hydrogen (secondary N) is 1. The van der Waals surface area contributed by atoms with Crippen molar-refractivity contribution in [1.29, 1.82) is 5.41 Å². The summed E-state index contributed by atoms with van der Waals surface area (Å²) in [5, 5.41) is 15.9. The van der Waals surface area contributed by atoms with Crippen LogP contribution >= 0.6 is 23.4 Å². The number of halogens is 1. The first kappa shape index (κ1) is 24.8. The topological polar surface area (TPSA) is 96.6 Å². The van der Waals surface area contributed by atoms with E-state index < -0.39 is 5.91 Å². The molecule has 0 aliphatic carbocycles. The predicted molar refractivity (Wildman–Crippen MR) is 140 cm³/mol. The standard InChI is InChI=1S/C25H25ClN4O4S/c1-4-5-21-29-30-23(27)18(24(31)28-25(30)35-21)12-16-13-19(26)22(20(14-16)32-3)34-11-10-33-17-8-6-15(2)7-9-17/h6-9,12-14,27H,4-5,10-11H2,1-3H3.